The second-order valence-corrected chi connectivity index (χ2v) is 12.7. The molecule has 1 unspecified atom stereocenters. The van der Waals surface area contributed by atoms with Crippen LogP contribution in [0.1, 0.15) is 85.5 Å². The molecule has 4 aliphatic rings. The van der Waals surface area contributed by atoms with Crippen molar-refractivity contribution in [2.24, 2.45) is 46.3 Å². The third-order valence-corrected chi connectivity index (χ3v) is 11.2. The zero-order valence-electron chi connectivity index (χ0n) is 23.2. The van der Waals surface area contributed by atoms with Crippen LogP contribution in [0.5, 0.6) is 0 Å². The van der Waals surface area contributed by atoms with Crippen molar-refractivity contribution in [3.8, 4) is 0 Å². The van der Waals surface area contributed by atoms with Gasteiger partial charge in [-0.3, -0.25) is 9.59 Å². The summed E-state index contributed by atoms with van der Waals surface area (Å²) in [5.74, 6) is 2.15. The van der Waals surface area contributed by atoms with E-state index in [2.05, 4.69) is 20.8 Å². The van der Waals surface area contributed by atoms with Crippen LogP contribution in [0.15, 0.2) is 0 Å². The van der Waals surface area contributed by atoms with Crippen LogP contribution in [0.25, 0.3) is 0 Å². The number of ether oxygens (including phenoxy) is 4. The number of hydrogen-bond donors (Lipinski definition) is 1. The van der Waals surface area contributed by atoms with Crippen LogP contribution in [0.3, 0.4) is 0 Å². The van der Waals surface area contributed by atoms with Gasteiger partial charge in [-0.15, -0.1) is 0 Å². The van der Waals surface area contributed by atoms with Gasteiger partial charge in [-0.2, -0.15) is 0 Å². The Hall–Kier alpha value is -1.18. The minimum Gasteiger partial charge on any atom is -0.469 e. The fraction of sp³-hybridized carbons (Fsp3) is 0.931. The number of esters is 2. The van der Waals surface area contributed by atoms with E-state index in [-0.39, 0.29) is 47.7 Å². The molecule has 0 amide bonds. The summed E-state index contributed by atoms with van der Waals surface area (Å²) in [5.41, 5.74) is 0.0259. The zero-order chi connectivity index (χ0) is 26.3. The number of aliphatic hydroxyl groups excluding tert-OH is 1. The lowest BCUT2D eigenvalue weighted by molar-refractivity contribution is -0.239. The van der Waals surface area contributed by atoms with E-state index in [0.29, 0.717) is 42.4 Å². The first kappa shape index (κ1) is 27.8. The van der Waals surface area contributed by atoms with Crippen molar-refractivity contribution in [1.29, 1.82) is 0 Å². The average molecular weight is 509 g/mol. The quantitative estimate of drug-likeness (QED) is 0.374. The molecule has 36 heavy (non-hydrogen) atoms. The van der Waals surface area contributed by atoms with Gasteiger partial charge < -0.3 is 24.1 Å². The number of rotatable bonds is 8. The lowest BCUT2D eigenvalue weighted by Crippen LogP contribution is -2.63. The SMILES string of the molecule is COCO[C@H]1C[C@@H]2C[C@@H](O)CC(OC(C)=O)[C@]2(C)[C@H]2CC[C@]3(C)[C@@H]([C@H](C)CCC(=O)OC)CC[C@H]3[C@H]12. The van der Waals surface area contributed by atoms with Gasteiger partial charge in [-0.05, 0) is 85.9 Å². The molecule has 0 heterocycles. The van der Waals surface area contributed by atoms with Crippen molar-refractivity contribution in [3.63, 3.8) is 0 Å². The summed E-state index contributed by atoms with van der Waals surface area (Å²) in [6.07, 6.45) is 7.38. The largest absolute Gasteiger partial charge is 0.469 e. The van der Waals surface area contributed by atoms with Gasteiger partial charge in [0.1, 0.15) is 12.9 Å². The predicted molar refractivity (Wildman–Crippen MR) is 135 cm³/mol. The van der Waals surface area contributed by atoms with E-state index < -0.39 is 6.10 Å². The topological polar surface area (TPSA) is 91.3 Å². The zero-order valence-corrected chi connectivity index (χ0v) is 23.2. The molecule has 0 saturated heterocycles. The van der Waals surface area contributed by atoms with E-state index >= 15 is 0 Å². The molecule has 11 atom stereocenters. The summed E-state index contributed by atoms with van der Waals surface area (Å²) >= 11 is 0. The van der Waals surface area contributed by atoms with Gasteiger partial charge in [0.05, 0.1) is 19.3 Å². The third-order valence-electron chi connectivity index (χ3n) is 11.2. The Morgan fingerprint density at radius 1 is 1.06 bits per heavy atom. The van der Waals surface area contributed by atoms with Crippen molar-refractivity contribution >= 4 is 11.9 Å². The molecule has 7 heteroatoms. The van der Waals surface area contributed by atoms with Gasteiger partial charge in [0.25, 0.3) is 0 Å². The molecule has 4 fully saturated rings. The van der Waals surface area contributed by atoms with Gasteiger partial charge in [-0.1, -0.05) is 20.8 Å². The molecule has 0 bridgehead atoms. The summed E-state index contributed by atoms with van der Waals surface area (Å²) in [5, 5.41) is 10.7. The predicted octanol–water partition coefficient (Wildman–Crippen LogP) is 4.74. The molecule has 0 aliphatic heterocycles. The van der Waals surface area contributed by atoms with Gasteiger partial charge in [0, 0.05) is 32.3 Å². The number of methoxy groups -OCH3 is 2. The van der Waals surface area contributed by atoms with E-state index in [1.54, 1.807) is 7.11 Å². The maximum atomic E-state index is 12.1. The number of carbonyl (C=O) groups is 2. The second-order valence-electron chi connectivity index (χ2n) is 12.7. The molecule has 1 N–H and O–H groups in total. The van der Waals surface area contributed by atoms with Crippen molar-refractivity contribution in [2.45, 2.75) is 104 Å². The first-order valence-corrected chi connectivity index (χ1v) is 14.1. The molecule has 0 spiro atoms. The first-order chi connectivity index (χ1) is 17.1. The monoisotopic (exact) mass is 508 g/mol. The Bertz CT molecular complexity index is 800. The Labute approximate surface area is 217 Å². The Morgan fingerprint density at radius 3 is 2.47 bits per heavy atom. The third kappa shape index (κ3) is 4.84. The number of carbonyl (C=O) groups excluding carboxylic acids is 2. The van der Waals surface area contributed by atoms with Crippen LogP contribution >= 0.6 is 0 Å². The summed E-state index contributed by atoms with van der Waals surface area (Å²) in [7, 11) is 3.14. The van der Waals surface area contributed by atoms with E-state index in [9.17, 15) is 14.7 Å². The molecule has 4 rings (SSSR count). The lowest BCUT2D eigenvalue weighted by Gasteiger charge is -2.64. The highest BCUT2D eigenvalue weighted by molar-refractivity contribution is 5.69. The molecule has 0 aromatic rings. The van der Waals surface area contributed by atoms with Crippen LogP contribution in [0.4, 0.5) is 0 Å². The van der Waals surface area contributed by atoms with Crippen molar-refractivity contribution in [3.05, 3.63) is 0 Å². The summed E-state index contributed by atoms with van der Waals surface area (Å²) in [6.45, 7) is 8.88. The normalized spacial score (nSPS) is 44.6. The first-order valence-electron chi connectivity index (χ1n) is 14.1. The summed E-state index contributed by atoms with van der Waals surface area (Å²) in [6, 6.07) is 0. The molecule has 0 aromatic heterocycles. The minimum absolute atomic E-state index is 0.0741. The molecule has 206 valence electrons. The molecule has 0 aromatic carbocycles. The van der Waals surface area contributed by atoms with Crippen molar-refractivity contribution in [1.82, 2.24) is 0 Å². The standard InChI is InChI=1S/C29H48O7/c1-17(7-10-26(32)34-6)21-8-9-22-27-23(11-12-28(21,22)3)29(4)19(14-24(27)35-16-33-5)13-20(31)15-25(29)36-18(2)30/h17,19-25,27,31H,7-16H2,1-6H3/t17-,19+,20-,21-,22+,23+,24+,25?,27+,28-,29+/m1/s1. The van der Waals surface area contributed by atoms with Gasteiger partial charge in [0.15, 0.2) is 0 Å². The van der Waals surface area contributed by atoms with Crippen LogP contribution < -0.4 is 0 Å². The highest BCUT2D eigenvalue weighted by Gasteiger charge is 2.66. The molecule has 7 nitrogen and oxygen atoms in total. The lowest BCUT2D eigenvalue weighted by atomic mass is 9.43. The fourth-order valence-corrected chi connectivity index (χ4v) is 9.54. The van der Waals surface area contributed by atoms with Crippen LogP contribution in [0, 0.1) is 46.3 Å². The Kier molecular flexibility index (Phi) is 8.43. The van der Waals surface area contributed by atoms with E-state index in [1.165, 1.54) is 26.9 Å². The van der Waals surface area contributed by atoms with Crippen LogP contribution in [-0.4, -0.2) is 56.4 Å². The fourth-order valence-electron chi connectivity index (χ4n) is 9.54. The minimum atomic E-state index is -0.451. The van der Waals surface area contributed by atoms with Crippen molar-refractivity contribution in [2.75, 3.05) is 21.0 Å². The molecule has 4 saturated carbocycles. The molecule has 0 radical (unpaired) electrons. The number of fused-ring (bicyclic) bond motifs is 5. The Balaban J connectivity index is 1.64. The molecular formula is C29H48O7. The van der Waals surface area contributed by atoms with Crippen molar-refractivity contribution < 1.29 is 33.6 Å². The number of aliphatic hydroxyl groups is 1. The smallest absolute Gasteiger partial charge is 0.305 e. The van der Waals surface area contributed by atoms with Crippen LogP contribution in [0.2, 0.25) is 0 Å². The summed E-state index contributed by atoms with van der Waals surface area (Å²) < 4.78 is 22.6. The maximum absolute atomic E-state index is 12.1. The van der Waals surface area contributed by atoms with Gasteiger partial charge in [0.2, 0.25) is 0 Å². The summed E-state index contributed by atoms with van der Waals surface area (Å²) in [4.78, 5) is 23.9. The van der Waals surface area contributed by atoms with E-state index in [1.807, 2.05) is 0 Å². The van der Waals surface area contributed by atoms with Crippen LogP contribution in [-0.2, 0) is 28.5 Å². The van der Waals surface area contributed by atoms with Gasteiger partial charge >= 0.3 is 11.9 Å². The maximum Gasteiger partial charge on any atom is 0.305 e. The van der Waals surface area contributed by atoms with E-state index in [0.717, 1.165) is 32.1 Å². The van der Waals surface area contributed by atoms with Gasteiger partial charge in [-0.25, -0.2) is 0 Å². The Morgan fingerprint density at radius 2 is 1.81 bits per heavy atom. The highest BCUT2D eigenvalue weighted by atomic mass is 16.7. The molecule has 4 aliphatic carbocycles. The highest BCUT2D eigenvalue weighted by Crippen LogP contribution is 2.69. The molecular weight excluding hydrogens is 460 g/mol. The number of hydrogen-bond acceptors (Lipinski definition) is 7. The average Bonchev–Trinajstić information content (AvgIpc) is 3.18. The van der Waals surface area contributed by atoms with E-state index in [4.69, 9.17) is 18.9 Å². The second kappa shape index (κ2) is 10.9.